The molecule has 6 nitrogen and oxygen atoms in total. The Morgan fingerprint density at radius 1 is 1.21 bits per heavy atom. The lowest BCUT2D eigenvalue weighted by molar-refractivity contribution is -0.517. The molecule has 1 heterocycles. The average molecular weight is 399 g/mol. The summed E-state index contributed by atoms with van der Waals surface area (Å²) in [5, 5.41) is 10.8. The monoisotopic (exact) mass is 398 g/mol. The van der Waals surface area contributed by atoms with Crippen LogP contribution in [0.5, 0.6) is 0 Å². The van der Waals surface area contributed by atoms with Gasteiger partial charge in [-0.25, -0.2) is 4.79 Å². The summed E-state index contributed by atoms with van der Waals surface area (Å²) in [7, 11) is 0. The number of fused-ring (bicyclic) bond motifs is 1. The molecule has 0 radical (unpaired) electrons. The number of hydrogen-bond donors (Lipinski definition) is 0. The van der Waals surface area contributed by atoms with E-state index in [1.165, 1.54) is 11.3 Å². The largest absolute Gasteiger partial charge is 0.462 e. The molecule has 2 aromatic carbocycles. The molecule has 0 spiro atoms. The van der Waals surface area contributed by atoms with Gasteiger partial charge in [-0.3, -0.25) is 10.1 Å². The van der Waals surface area contributed by atoms with E-state index >= 15 is 0 Å². The second kappa shape index (κ2) is 11.2. The van der Waals surface area contributed by atoms with Crippen molar-refractivity contribution in [3.05, 3.63) is 75.3 Å². The van der Waals surface area contributed by atoms with Crippen molar-refractivity contribution in [2.45, 2.75) is 46.1 Å². The van der Waals surface area contributed by atoms with Gasteiger partial charge in [0.05, 0.1) is 12.2 Å². The maximum Gasteiger partial charge on any atom is 0.338 e. The molecule has 3 rings (SSSR count). The summed E-state index contributed by atoms with van der Waals surface area (Å²) in [6.07, 6.45) is 2.16. The fourth-order valence-corrected chi connectivity index (χ4v) is 3.38. The molecule has 0 amide bonds. The predicted molar refractivity (Wildman–Crippen MR) is 115 cm³/mol. The van der Waals surface area contributed by atoms with Crippen LogP contribution in [-0.2, 0) is 17.6 Å². The quantitative estimate of drug-likeness (QED) is 0.283. The van der Waals surface area contributed by atoms with Crippen LogP contribution in [0.15, 0.2) is 48.5 Å². The summed E-state index contributed by atoms with van der Waals surface area (Å²) < 4.78 is 5.33. The molecule has 0 aliphatic carbocycles. The van der Waals surface area contributed by atoms with E-state index in [9.17, 15) is 14.9 Å². The highest BCUT2D eigenvalue weighted by Gasteiger charge is 2.21. The van der Waals surface area contributed by atoms with Crippen LogP contribution in [0.1, 0.15) is 48.7 Å². The Bertz CT molecular complexity index is 808. The number of carbonyl (C=O) groups excluding carboxylic acids is 1. The van der Waals surface area contributed by atoms with Crippen molar-refractivity contribution in [1.82, 2.24) is 0 Å². The highest BCUT2D eigenvalue weighted by Crippen LogP contribution is 2.29. The highest BCUT2D eigenvalue weighted by atomic mass is 16.6. The summed E-state index contributed by atoms with van der Waals surface area (Å²) in [6, 6.07) is 14.5. The number of nitrogens with zero attached hydrogens (tertiary/aromatic N) is 2. The van der Waals surface area contributed by atoms with Gasteiger partial charge >= 0.3 is 5.97 Å². The average Bonchev–Trinajstić information content (AvgIpc) is 3.15. The first-order valence-corrected chi connectivity index (χ1v) is 10.3. The third-order valence-corrected chi connectivity index (χ3v) is 4.84. The molecule has 1 aliphatic heterocycles. The number of nitro groups is 1. The van der Waals surface area contributed by atoms with Crippen LogP contribution in [0, 0.1) is 10.1 Å². The molecule has 1 aliphatic rings. The van der Waals surface area contributed by atoms with Crippen LogP contribution in [0.2, 0.25) is 0 Å². The van der Waals surface area contributed by atoms with E-state index in [2.05, 4.69) is 17.0 Å². The van der Waals surface area contributed by atoms with Crippen molar-refractivity contribution >= 4 is 11.7 Å². The van der Waals surface area contributed by atoms with E-state index in [0.717, 1.165) is 31.5 Å². The van der Waals surface area contributed by atoms with Gasteiger partial charge in [-0.1, -0.05) is 44.2 Å². The maximum atomic E-state index is 11.9. The van der Waals surface area contributed by atoms with E-state index in [1.54, 1.807) is 19.1 Å². The Morgan fingerprint density at radius 3 is 2.62 bits per heavy atom. The lowest BCUT2D eigenvalue weighted by Crippen LogP contribution is -2.23. The first-order valence-electron chi connectivity index (χ1n) is 10.3. The smallest absolute Gasteiger partial charge is 0.338 e. The second-order valence-electron chi connectivity index (χ2n) is 6.89. The van der Waals surface area contributed by atoms with Gasteiger partial charge in [0.2, 0.25) is 6.04 Å². The molecule has 0 aromatic heterocycles. The lowest BCUT2D eigenvalue weighted by Gasteiger charge is -2.19. The minimum Gasteiger partial charge on any atom is -0.462 e. The number of benzene rings is 2. The van der Waals surface area contributed by atoms with E-state index in [1.807, 2.05) is 38.1 Å². The van der Waals surface area contributed by atoms with Gasteiger partial charge in [-0.15, -0.1) is 0 Å². The van der Waals surface area contributed by atoms with Crippen molar-refractivity contribution in [3.8, 4) is 0 Å². The summed E-state index contributed by atoms with van der Waals surface area (Å²) >= 11 is 0. The van der Waals surface area contributed by atoms with Gasteiger partial charge in [-0.2, -0.15) is 0 Å². The number of ether oxygens (including phenoxy) is 1. The fourth-order valence-electron chi connectivity index (χ4n) is 3.38. The third-order valence-electron chi connectivity index (χ3n) is 4.84. The van der Waals surface area contributed by atoms with E-state index in [4.69, 9.17) is 4.74 Å². The number of carbonyl (C=O) groups is 1. The van der Waals surface area contributed by atoms with Crippen LogP contribution in [0.4, 0.5) is 5.69 Å². The lowest BCUT2D eigenvalue weighted by atomic mass is 10.0. The second-order valence-corrected chi connectivity index (χ2v) is 6.89. The maximum absolute atomic E-state index is 11.9. The molecule has 29 heavy (non-hydrogen) atoms. The molecular formula is C23H30N2O4. The molecule has 0 saturated carbocycles. The summed E-state index contributed by atoms with van der Waals surface area (Å²) in [5.74, 6) is -0.290. The van der Waals surface area contributed by atoms with E-state index in [0.29, 0.717) is 18.6 Å². The zero-order valence-corrected chi connectivity index (χ0v) is 17.5. The van der Waals surface area contributed by atoms with Gasteiger partial charge in [0.15, 0.2) is 0 Å². The topological polar surface area (TPSA) is 72.7 Å². The normalized spacial score (nSPS) is 13.1. The summed E-state index contributed by atoms with van der Waals surface area (Å²) in [4.78, 5) is 24.8. The zero-order valence-electron chi connectivity index (χ0n) is 17.5. The Morgan fingerprint density at radius 2 is 1.93 bits per heavy atom. The summed E-state index contributed by atoms with van der Waals surface area (Å²) in [6.45, 7) is 7.77. The number of rotatable bonds is 8. The van der Waals surface area contributed by atoms with Crippen LogP contribution >= 0.6 is 0 Å². The number of esters is 1. The van der Waals surface area contributed by atoms with Crippen molar-refractivity contribution in [3.63, 3.8) is 0 Å². The molecule has 0 N–H and O–H groups in total. The predicted octanol–water partition coefficient (Wildman–Crippen LogP) is 4.53. The minimum absolute atomic E-state index is 0.240. The molecule has 0 saturated heterocycles. The van der Waals surface area contributed by atoms with Crippen molar-refractivity contribution in [2.75, 3.05) is 24.6 Å². The Kier molecular flexibility index (Phi) is 8.65. The summed E-state index contributed by atoms with van der Waals surface area (Å²) in [5.41, 5.74) is 4.00. The number of hydrogen-bond acceptors (Lipinski definition) is 5. The first kappa shape index (κ1) is 22.4. The molecule has 0 bridgehead atoms. The molecule has 2 aromatic rings. The van der Waals surface area contributed by atoms with Gasteiger partial charge in [0.25, 0.3) is 0 Å². The van der Waals surface area contributed by atoms with Crippen LogP contribution in [0.3, 0.4) is 0 Å². The van der Waals surface area contributed by atoms with Crippen molar-refractivity contribution in [1.29, 1.82) is 0 Å². The molecular weight excluding hydrogens is 368 g/mol. The molecule has 6 heteroatoms. The first-order chi connectivity index (χ1) is 14.0. The van der Waals surface area contributed by atoms with Gasteiger partial charge in [0.1, 0.15) is 0 Å². The minimum atomic E-state index is -0.570. The molecule has 1 atom stereocenters. The number of anilines is 1. The Hall–Kier alpha value is -2.89. The van der Waals surface area contributed by atoms with Gasteiger partial charge < -0.3 is 9.64 Å². The fraction of sp³-hybridized carbons (Fsp3) is 0.435. The van der Waals surface area contributed by atoms with Crippen LogP contribution in [-0.4, -0.2) is 36.6 Å². The Balaban J connectivity index is 0.00000145. The molecule has 1 unspecified atom stereocenters. The van der Waals surface area contributed by atoms with Crippen molar-refractivity contribution < 1.29 is 14.5 Å². The molecule has 156 valence electrons. The van der Waals surface area contributed by atoms with E-state index < -0.39 is 6.04 Å². The van der Waals surface area contributed by atoms with Gasteiger partial charge in [-0.05, 0) is 42.2 Å². The zero-order chi connectivity index (χ0) is 21.2. The molecule has 0 fully saturated rings. The van der Waals surface area contributed by atoms with Gasteiger partial charge in [0, 0.05) is 37.0 Å². The van der Waals surface area contributed by atoms with Crippen LogP contribution in [0.25, 0.3) is 0 Å². The Labute approximate surface area is 172 Å². The van der Waals surface area contributed by atoms with Crippen molar-refractivity contribution in [2.24, 2.45) is 0 Å². The SMILES string of the molecule is CC.CC(Cc1ccc2c(c1)CCN2CCCOC(=O)c1ccccc1)[N+](=O)[O-]. The third kappa shape index (κ3) is 6.31. The van der Waals surface area contributed by atoms with E-state index in [-0.39, 0.29) is 10.9 Å². The van der Waals surface area contributed by atoms with Crippen LogP contribution < -0.4 is 4.90 Å². The standard InChI is InChI=1S/C21H24N2O4.C2H6/c1-16(23(25)26)14-17-8-9-20-19(15-17)10-12-22(20)11-5-13-27-21(24)18-6-3-2-4-7-18;1-2/h2-4,6-9,15-16H,5,10-14H2,1H3;1-2H3. The highest BCUT2D eigenvalue weighted by molar-refractivity contribution is 5.89.